The second-order valence-corrected chi connectivity index (χ2v) is 6.00. The van der Waals surface area contributed by atoms with Crippen molar-refractivity contribution < 1.29 is 0 Å². The van der Waals surface area contributed by atoms with Crippen molar-refractivity contribution in [2.24, 2.45) is 11.7 Å². The molecule has 0 amide bonds. The van der Waals surface area contributed by atoms with Gasteiger partial charge in [-0.2, -0.15) is 0 Å². The van der Waals surface area contributed by atoms with E-state index < -0.39 is 0 Å². The topological polar surface area (TPSA) is 42.2 Å². The predicted octanol–water partition coefficient (Wildman–Crippen LogP) is 2.69. The first-order chi connectivity index (χ1) is 8.19. The molecule has 1 aromatic heterocycles. The van der Waals surface area contributed by atoms with Gasteiger partial charge in [-0.15, -0.1) is 23.7 Å². The fourth-order valence-corrected chi connectivity index (χ4v) is 3.19. The van der Waals surface area contributed by atoms with Crippen molar-refractivity contribution in [1.29, 1.82) is 0 Å². The van der Waals surface area contributed by atoms with Gasteiger partial charge in [-0.1, -0.05) is 6.92 Å². The number of halogens is 1. The van der Waals surface area contributed by atoms with Gasteiger partial charge < -0.3 is 5.73 Å². The lowest BCUT2D eigenvalue weighted by Crippen LogP contribution is -2.39. The normalized spacial score (nSPS) is 19.5. The highest BCUT2D eigenvalue weighted by Gasteiger charge is 2.22. The molecule has 1 aliphatic rings. The van der Waals surface area contributed by atoms with Crippen molar-refractivity contribution in [2.75, 3.05) is 13.1 Å². The van der Waals surface area contributed by atoms with Crippen LogP contribution in [0.4, 0.5) is 0 Å². The summed E-state index contributed by atoms with van der Waals surface area (Å²) in [5.74, 6) is 0.716. The minimum absolute atomic E-state index is 0. The van der Waals surface area contributed by atoms with Crippen LogP contribution in [0.2, 0.25) is 0 Å². The molecular weight excluding hydrogens is 266 g/mol. The fourth-order valence-electron chi connectivity index (χ4n) is 2.45. The van der Waals surface area contributed by atoms with Crippen LogP contribution >= 0.6 is 23.7 Å². The molecule has 5 heteroatoms. The average Bonchev–Trinajstić information content (AvgIpc) is 2.77. The van der Waals surface area contributed by atoms with E-state index in [9.17, 15) is 0 Å². The number of aryl methyl sites for hydroxylation is 1. The van der Waals surface area contributed by atoms with E-state index in [1.165, 1.54) is 36.6 Å². The van der Waals surface area contributed by atoms with Crippen molar-refractivity contribution in [2.45, 2.75) is 45.7 Å². The molecule has 1 unspecified atom stereocenters. The second-order valence-electron chi connectivity index (χ2n) is 5.06. The van der Waals surface area contributed by atoms with Crippen LogP contribution in [0.1, 0.15) is 37.4 Å². The van der Waals surface area contributed by atoms with Gasteiger partial charge in [0.2, 0.25) is 0 Å². The minimum Gasteiger partial charge on any atom is -0.328 e. The number of rotatable bonds is 4. The molecule has 1 saturated heterocycles. The van der Waals surface area contributed by atoms with E-state index in [2.05, 4.69) is 29.1 Å². The molecule has 0 spiro atoms. The van der Waals surface area contributed by atoms with Gasteiger partial charge in [0.05, 0.1) is 10.7 Å². The van der Waals surface area contributed by atoms with Crippen molar-refractivity contribution in [3.8, 4) is 0 Å². The Bertz CT molecular complexity index is 346. The predicted molar refractivity (Wildman–Crippen MR) is 80.4 cm³/mol. The molecule has 1 aliphatic heterocycles. The summed E-state index contributed by atoms with van der Waals surface area (Å²) in [7, 11) is 0. The Morgan fingerprint density at radius 2 is 2.17 bits per heavy atom. The summed E-state index contributed by atoms with van der Waals surface area (Å²) >= 11 is 1.79. The molecule has 0 aromatic carbocycles. The molecule has 0 saturated carbocycles. The number of hydrogen-bond donors (Lipinski definition) is 1. The molecule has 0 bridgehead atoms. The minimum atomic E-state index is 0. The molecular formula is C13H24ClN3S. The van der Waals surface area contributed by atoms with Crippen LogP contribution in [0.3, 0.4) is 0 Å². The summed E-state index contributed by atoms with van der Waals surface area (Å²) in [6, 6.07) is 0.350. The zero-order valence-electron chi connectivity index (χ0n) is 11.3. The molecule has 2 rings (SSSR count). The Kier molecular flexibility index (Phi) is 6.57. The molecule has 0 aliphatic carbocycles. The van der Waals surface area contributed by atoms with Crippen LogP contribution in [0.25, 0.3) is 0 Å². The van der Waals surface area contributed by atoms with Gasteiger partial charge >= 0.3 is 0 Å². The van der Waals surface area contributed by atoms with Gasteiger partial charge in [-0.3, -0.25) is 4.90 Å². The van der Waals surface area contributed by atoms with E-state index in [-0.39, 0.29) is 12.4 Å². The summed E-state index contributed by atoms with van der Waals surface area (Å²) in [6.07, 6.45) is 3.53. The molecule has 18 heavy (non-hydrogen) atoms. The molecule has 3 nitrogen and oxygen atoms in total. The van der Waals surface area contributed by atoms with Gasteiger partial charge in [0.1, 0.15) is 0 Å². The lowest BCUT2D eigenvalue weighted by Gasteiger charge is -2.33. The first-order valence-electron chi connectivity index (χ1n) is 6.60. The van der Waals surface area contributed by atoms with Gasteiger partial charge in [0.15, 0.2) is 0 Å². The highest BCUT2D eigenvalue weighted by atomic mass is 35.5. The number of nitrogens with two attached hydrogens (primary N) is 1. The number of likely N-dealkylation sites (tertiary alicyclic amines) is 1. The van der Waals surface area contributed by atoms with Crippen LogP contribution in [0.15, 0.2) is 5.38 Å². The summed E-state index contributed by atoms with van der Waals surface area (Å²) < 4.78 is 0. The Morgan fingerprint density at radius 3 is 2.67 bits per heavy atom. The van der Waals surface area contributed by atoms with Crippen molar-refractivity contribution in [3.63, 3.8) is 0 Å². The maximum Gasteiger partial charge on any atom is 0.0926 e. The smallest absolute Gasteiger partial charge is 0.0926 e. The Morgan fingerprint density at radius 1 is 1.50 bits per heavy atom. The highest BCUT2D eigenvalue weighted by molar-refractivity contribution is 7.09. The average molecular weight is 290 g/mol. The SMILES string of the molecule is CCc1nc(CN2CCC(C(C)N)CC2)cs1.Cl. The molecule has 1 atom stereocenters. The van der Waals surface area contributed by atoms with Crippen LogP contribution < -0.4 is 5.73 Å². The molecule has 1 aromatic rings. The highest BCUT2D eigenvalue weighted by Crippen LogP contribution is 2.21. The van der Waals surface area contributed by atoms with Gasteiger partial charge in [0, 0.05) is 18.0 Å². The van der Waals surface area contributed by atoms with Crippen LogP contribution in [-0.2, 0) is 13.0 Å². The zero-order chi connectivity index (χ0) is 12.3. The first-order valence-corrected chi connectivity index (χ1v) is 7.48. The maximum atomic E-state index is 5.96. The van der Waals surface area contributed by atoms with Crippen molar-refractivity contribution in [3.05, 3.63) is 16.1 Å². The van der Waals surface area contributed by atoms with Gasteiger partial charge in [0.25, 0.3) is 0 Å². The third-order valence-corrected chi connectivity index (χ3v) is 4.71. The molecule has 1 fully saturated rings. The van der Waals surface area contributed by atoms with E-state index in [0.29, 0.717) is 12.0 Å². The summed E-state index contributed by atoms with van der Waals surface area (Å²) in [4.78, 5) is 7.14. The van der Waals surface area contributed by atoms with E-state index in [1.807, 2.05) is 0 Å². The Hall–Kier alpha value is -0.160. The Balaban J connectivity index is 0.00000162. The molecule has 2 heterocycles. The lowest BCUT2D eigenvalue weighted by molar-refractivity contribution is 0.164. The van der Waals surface area contributed by atoms with Crippen molar-refractivity contribution in [1.82, 2.24) is 9.88 Å². The van der Waals surface area contributed by atoms with E-state index >= 15 is 0 Å². The quantitative estimate of drug-likeness (QED) is 0.927. The van der Waals surface area contributed by atoms with Crippen molar-refractivity contribution >= 4 is 23.7 Å². The summed E-state index contributed by atoms with van der Waals surface area (Å²) in [5, 5.41) is 3.46. The maximum absolute atomic E-state index is 5.96. The lowest BCUT2D eigenvalue weighted by atomic mass is 9.91. The van der Waals surface area contributed by atoms with E-state index in [1.54, 1.807) is 11.3 Å². The van der Waals surface area contributed by atoms with Gasteiger partial charge in [-0.25, -0.2) is 4.98 Å². The molecule has 2 N–H and O–H groups in total. The number of nitrogens with zero attached hydrogens (tertiary/aromatic N) is 2. The number of thiazole rings is 1. The first kappa shape index (κ1) is 15.9. The fraction of sp³-hybridized carbons (Fsp3) is 0.769. The van der Waals surface area contributed by atoms with Crippen LogP contribution in [0, 0.1) is 5.92 Å². The number of aromatic nitrogens is 1. The third-order valence-electron chi connectivity index (χ3n) is 3.66. The monoisotopic (exact) mass is 289 g/mol. The Labute approximate surface area is 120 Å². The molecule has 104 valence electrons. The standard InChI is InChI=1S/C13H23N3S.ClH/c1-3-13-15-12(9-17-13)8-16-6-4-11(5-7-16)10(2)14;/h9-11H,3-8,14H2,1-2H3;1H. The second kappa shape index (κ2) is 7.43. The van der Waals surface area contributed by atoms with Crippen LogP contribution in [0.5, 0.6) is 0 Å². The van der Waals surface area contributed by atoms with Gasteiger partial charge in [-0.05, 0) is 45.2 Å². The summed E-state index contributed by atoms with van der Waals surface area (Å²) in [6.45, 7) is 7.66. The summed E-state index contributed by atoms with van der Waals surface area (Å²) in [5.41, 5.74) is 7.20. The third kappa shape index (κ3) is 4.19. The zero-order valence-corrected chi connectivity index (χ0v) is 12.9. The molecule has 0 radical (unpaired) electrons. The number of hydrogen-bond acceptors (Lipinski definition) is 4. The van der Waals surface area contributed by atoms with Crippen LogP contribution in [-0.4, -0.2) is 29.0 Å². The van der Waals surface area contributed by atoms with E-state index in [4.69, 9.17) is 5.73 Å². The number of piperidine rings is 1. The van der Waals surface area contributed by atoms with E-state index in [0.717, 1.165) is 13.0 Å². The largest absolute Gasteiger partial charge is 0.328 e.